The molecule has 2 rings (SSSR count). The molecule has 1 fully saturated rings. The van der Waals surface area contributed by atoms with Gasteiger partial charge in [0.15, 0.2) is 0 Å². The number of hydrogen-bond acceptors (Lipinski definition) is 0. The summed E-state index contributed by atoms with van der Waals surface area (Å²) in [5.74, 6) is 0.980. The van der Waals surface area contributed by atoms with E-state index in [0.29, 0.717) is 0 Å². The molecular formula is C12H24N2+2. The largest absolute Gasteiger partial charge is 0.328 e. The van der Waals surface area contributed by atoms with Crippen LogP contribution >= 0.6 is 0 Å². The SMILES string of the molecule is C[NH+]1CC[NH+](C[C@H]2CC=CCC2)CC1. The fourth-order valence-corrected chi connectivity index (χ4v) is 2.68. The summed E-state index contributed by atoms with van der Waals surface area (Å²) in [7, 11) is 2.32. The molecule has 1 aliphatic carbocycles. The van der Waals surface area contributed by atoms with E-state index in [0.717, 1.165) is 5.92 Å². The number of nitrogens with one attached hydrogen (secondary N) is 2. The van der Waals surface area contributed by atoms with Crippen LogP contribution in [0.5, 0.6) is 0 Å². The molecule has 14 heavy (non-hydrogen) atoms. The zero-order chi connectivity index (χ0) is 9.80. The Balaban J connectivity index is 1.72. The van der Waals surface area contributed by atoms with Crippen LogP contribution in [0, 0.1) is 5.92 Å². The van der Waals surface area contributed by atoms with Crippen molar-refractivity contribution in [1.29, 1.82) is 0 Å². The Hall–Kier alpha value is -0.340. The molecule has 2 aliphatic rings. The van der Waals surface area contributed by atoms with E-state index < -0.39 is 0 Å². The highest BCUT2D eigenvalue weighted by molar-refractivity contribution is 4.89. The van der Waals surface area contributed by atoms with Crippen molar-refractivity contribution >= 4 is 0 Å². The van der Waals surface area contributed by atoms with Gasteiger partial charge in [0.05, 0.1) is 13.6 Å². The van der Waals surface area contributed by atoms with Crippen LogP contribution in [0.3, 0.4) is 0 Å². The van der Waals surface area contributed by atoms with E-state index in [1.54, 1.807) is 4.90 Å². The summed E-state index contributed by atoms with van der Waals surface area (Å²) >= 11 is 0. The average molecular weight is 196 g/mol. The van der Waals surface area contributed by atoms with Gasteiger partial charge in [0, 0.05) is 5.92 Å². The summed E-state index contributed by atoms with van der Waals surface area (Å²) in [5, 5.41) is 0. The van der Waals surface area contributed by atoms with Crippen molar-refractivity contribution in [2.45, 2.75) is 19.3 Å². The van der Waals surface area contributed by atoms with E-state index in [-0.39, 0.29) is 0 Å². The molecule has 1 aliphatic heterocycles. The minimum absolute atomic E-state index is 0.980. The zero-order valence-electron chi connectivity index (χ0n) is 9.39. The topological polar surface area (TPSA) is 8.88 Å². The minimum atomic E-state index is 0.980. The molecule has 2 nitrogen and oxygen atoms in total. The quantitative estimate of drug-likeness (QED) is 0.511. The van der Waals surface area contributed by atoms with Crippen molar-refractivity contribution in [1.82, 2.24) is 0 Å². The Labute approximate surface area is 87.6 Å². The fraction of sp³-hybridized carbons (Fsp3) is 0.833. The van der Waals surface area contributed by atoms with Crippen LogP contribution in [0.2, 0.25) is 0 Å². The maximum Gasteiger partial charge on any atom is 0.127 e. The van der Waals surface area contributed by atoms with Gasteiger partial charge in [-0.3, -0.25) is 0 Å². The maximum atomic E-state index is 2.38. The van der Waals surface area contributed by atoms with Gasteiger partial charge in [-0.1, -0.05) is 12.2 Å². The first kappa shape index (κ1) is 10.2. The second kappa shape index (κ2) is 4.94. The Kier molecular flexibility index (Phi) is 3.60. The molecule has 2 heteroatoms. The van der Waals surface area contributed by atoms with Crippen LogP contribution in [-0.4, -0.2) is 39.8 Å². The van der Waals surface area contributed by atoms with Gasteiger partial charge in [-0.15, -0.1) is 0 Å². The molecule has 0 aromatic rings. The lowest BCUT2D eigenvalue weighted by Gasteiger charge is -2.30. The average Bonchev–Trinajstić information content (AvgIpc) is 2.23. The lowest BCUT2D eigenvalue weighted by Crippen LogP contribution is -3.27. The van der Waals surface area contributed by atoms with E-state index in [9.17, 15) is 0 Å². The number of allylic oxidation sites excluding steroid dienone is 2. The van der Waals surface area contributed by atoms with Crippen molar-refractivity contribution in [2.75, 3.05) is 39.8 Å². The highest BCUT2D eigenvalue weighted by Gasteiger charge is 2.23. The minimum Gasteiger partial charge on any atom is -0.328 e. The summed E-state index contributed by atoms with van der Waals surface area (Å²) in [6, 6.07) is 0. The Morgan fingerprint density at radius 2 is 1.93 bits per heavy atom. The first-order valence-corrected chi connectivity index (χ1v) is 6.14. The van der Waals surface area contributed by atoms with Crippen LogP contribution in [-0.2, 0) is 0 Å². The molecule has 0 amide bonds. The first-order valence-electron chi connectivity index (χ1n) is 6.14. The van der Waals surface area contributed by atoms with Gasteiger partial charge in [0.25, 0.3) is 0 Å². The molecule has 0 bridgehead atoms. The number of hydrogen-bond donors (Lipinski definition) is 2. The predicted molar refractivity (Wildman–Crippen MR) is 58.7 cm³/mol. The van der Waals surface area contributed by atoms with Crippen molar-refractivity contribution in [2.24, 2.45) is 5.92 Å². The Morgan fingerprint density at radius 1 is 1.14 bits per heavy atom. The molecule has 0 unspecified atom stereocenters. The second-order valence-electron chi connectivity index (χ2n) is 5.06. The lowest BCUT2D eigenvalue weighted by molar-refractivity contribution is -1.00. The van der Waals surface area contributed by atoms with Crippen molar-refractivity contribution in [3.05, 3.63) is 12.2 Å². The fourth-order valence-electron chi connectivity index (χ4n) is 2.68. The standard InChI is InChI=1S/C12H22N2/c1-13-7-9-14(10-8-13)11-12-5-3-2-4-6-12/h2-3,12H,4-11H2,1H3/p+2/t12-/m0/s1. The highest BCUT2D eigenvalue weighted by Crippen LogP contribution is 2.15. The molecule has 0 aromatic carbocycles. The van der Waals surface area contributed by atoms with Gasteiger partial charge >= 0.3 is 0 Å². The second-order valence-corrected chi connectivity index (χ2v) is 5.06. The third kappa shape index (κ3) is 2.82. The zero-order valence-corrected chi connectivity index (χ0v) is 9.39. The van der Waals surface area contributed by atoms with Crippen LogP contribution in [0.15, 0.2) is 12.2 Å². The molecular weight excluding hydrogens is 172 g/mol. The van der Waals surface area contributed by atoms with Gasteiger partial charge in [0.1, 0.15) is 26.2 Å². The molecule has 1 atom stereocenters. The highest BCUT2D eigenvalue weighted by atomic mass is 15.2. The number of likely N-dealkylation sites (N-methyl/N-ethyl adjacent to an activating group) is 1. The van der Waals surface area contributed by atoms with E-state index in [2.05, 4.69) is 19.2 Å². The molecule has 0 aromatic heterocycles. The molecule has 1 saturated heterocycles. The van der Waals surface area contributed by atoms with E-state index in [4.69, 9.17) is 0 Å². The summed E-state index contributed by atoms with van der Waals surface area (Å²) in [4.78, 5) is 3.58. The summed E-state index contributed by atoms with van der Waals surface area (Å²) in [6.07, 6.45) is 8.83. The number of piperazine rings is 1. The molecule has 80 valence electrons. The predicted octanol–water partition coefficient (Wildman–Crippen LogP) is -1.24. The van der Waals surface area contributed by atoms with E-state index in [1.165, 1.54) is 52.0 Å². The van der Waals surface area contributed by atoms with E-state index in [1.807, 2.05) is 4.90 Å². The monoisotopic (exact) mass is 196 g/mol. The molecule has 0 saturated carbocycles. The normalized spacial score (nSPS) is 38.5. The van der Waals surface area contributed by atoms with Crippen LogP contribution in [0.25, 0.3) is 0 Å². The van der Waals surface area contributed by atoms with E-state index >= 15 is 0 Å². The van der Waals surface area contributed by atoms with Gasteiger partial charge in [0.2, 0.25) is 0 Å². The lowest BCUT2D eigenvalue weighted by atomic mass is 9.94. The van der Waals surface area contributed by atoms with Crippen LogP contribution in [0.4, 0.5) is 0 Å². The maximum absolute atomic E-state index is 2.38. The smallest absolute Gasteiger partial charge is 0.127 e. The van der Waals surface area contributed by atoms with Crippen LogP contribution in [0.1, 0.15) is 19.3 Å². The molecule has 2 N–H and O–H groups in total. The van der Waals surface area contributed by atoms with Crippen LogP contribution < -0.4 is 9.80 Å². The number of quaternary nitrogens is 2. The Bertz CT molecular complexity index is 192. The summed E-state index contributed by atoms with van der Waals surface area (Å²) in [5.41, 5.74) is 0. The first-order chi connectivity index (χ1) is 6.84. The molecule has 0 radical (unpaired) electrons. The van der Waals surface area contributed by atoms with Crippen molar-refractivity contribution in [3.63, 3.8) is 0 Å². The Morgan fingerprint density at radius 3 is 2.57 bits per heavy atom. The van der Waals surface area contributed by atoms with Gasteiger partial charge < -0.3 is 9.80 Å². The third-order valence-electron chi connectivity index (χ3n) is 3.77. The summed E-state index contributed by atoms with van der Waals surface area (Å²) < 4.78 is 0. The van der Waals surface area contributed by atoms with Gasteiger partial charge in [-0.2, -0.15) is 0 Å². The van der Waals surface area contributed by atoms with Gasteiger partial charge in [-0.05, 0) is 19.3 Å². The van der Waals surface area contributed by atoms with Gasteiger partial charge in [-0.25, -0.2) is 0 Å². The molecule has 1 heterocycles. The van der Waals surface area contributed by atoms with Crippen molar-refractivity contribution < 1.29 is 9.80 Å². The molecule has 0 spiro atoms. The number of rotatable bonds is 2. The summed E-state index contributed by atoms with van der Waals surface area (Å²) in [6.45, 7) is 6.96. The van der Waals surface area contributed by atoms with Crippen molar-refractivity contribution in [3.8, 4) is 0 Å². The third-order valence-corrected chi connectivity index (χ3v) is 3.77.